The lowest BCUT2D eigenvalue weighted by atomic mass is 10.1. The van der Waals surface area contributed by atoms with Crippen molar-refractivity contribution < 1.29 is 14.3 Å². The number of anilines is 1. The van der Waals surface area contributed by atoms with Crippen molar-refractivity contribution in [3.63, 3.8) is 0 Å². The van der Waals surface area contributed by atoms with Gasteiger partial charge in [0.25, 0.3) is 5.91 Å². The number of carbonyl (C=O) groups is 2. The fraction of sp³-hybridized carbons (Fsp3) is 0.214. The van der Waals surface area contributed by atoms with Crippen LogP contribution in [0.1, 0.15) is 23.6 Å². The number of nitrogens with one attached hydrogen (secondary N) is 1. The van der Waals surface area contributed by atoms with Crippen LogP contribution in [0.4, 0.5) is 5.69 Å². The Balaban J connectivity index is 1.43. The van der Waals surface area contributed by atoms with Gasteiger partial charge in [0.05, 0.1) is 11.9 Å². The number of rotatable bonds is 8. The van der Waals surface area contributed by atoms with Crippen molar-refractivity contribution in [1.29, 1.82) is 0 Å². The Morgan fingerprint density at radius 3 is 2.46 bits per heavy atom. The molecule has 3 aromatic carbocycles. The first-order valence-corrected chi connectivity index (χ1v) is 13.3. The lowest BCUT2D eigenvalue weighted by Crippen LogP contribution is -2.49. The van der Waals surface area contributed by atoms with E-state index in [2.05, 4.69) is 5.32 Å². The number of hydrazine groups is 1. The monoisotopic (exact) mass is 555 g/mol. The zero-order valence-electron chi connectivity index (χ0n) is 20.7. The lowest BCUT2D eigenvalue weighted by molar-refractivity contribution is -0.131. The predicted octanol–water partition coefficient (Wildman–Crippen LogP) is 6.34. The molecular formula is C28H27Cl2N3O3S. The average Bonchev–Trinajstić information content (AvgIpc) is 3.22. The van der Waals surface area contributed by atoms with Crippen molar-refractivity contribution in [2.75, 3.05) is 18.6 Å². The zero-order chi connectivity index (χ0) is 26.5. The van der Waals surface area contributed by atoms with Crippen LogP contribution in [-0.4, -0.2) is 35.8 Å². The first-order chi connectivity index (χ1) is 17.7. The minimum absolute atomic E-state index is 0.0604. The van der Waals surface area contributed by atoms with E-state index < -0.39 is 0 Å². The highest BCUT2D eigenvalue weighted by Crippen LogP contribution is 2.49. The summed E-state index contributed by atoms with van der Waals surface area (Å²) in [6, 6.07) is 18.9. The topological polar surface area (TPSA) is 61.9 Å². The van der Waals surface area contributed by atoms with Gasteiger partial charge in [-0.3, -0.25) is 19.6 Å². The fourth-order valence-electron chi connectivity index (χ4n) is 3.87. The van der Waals surface area contributed by atoms with Crippen LogP contribution in [0.5, 0.6) is 5.75 Å². The van der Waals surface area contributed by atoms with Gasteiger partial charge >= 0.3 is 0 Å². The third kappa shape index (κ3) is 6.42. The molecule has 0 bridgehead atoms. The molecule has 1 aliphatic rings. The molecule has 1 aliphatic heterocycles. The number of fused-ring (bicyclic) bond motifs is 1. The third-order valence-corrected chi connectivity index (χ3v) is 7.70. The van der Waals surface area contributed by atoms with E-state index in [1.165, 1.54) is 11.1 Å². The summed E-state index contributed by atoms with van der Waals surface area (Å²) in [4.78, 5) is 26.3. The molecule has 0 aliphatic carbocycles. The molecule has 0 saturated heterocycles. The standard InChI is InChI=1S/C28H27Cl2N3O3S/c1-18-10-12-20(13-11-18)14-15-26(34)31-16-27(35)32(3)33-19(2)37-25-9-5-8-24(28(25)33)36-17-21-22(29)6-4-7-23(21)30/h4-15,19H,16-17H2,1-3H3,(H,31,34). The molecule has 0 fully saturated rings. The molecule has 0 aromatic heterocycles. The Morgan fingerprint density at radius 1 is 1.08 bits per heavy atom. The maximum atomic E-state index is 13.0. The van der Waals surface area contributed by atoms with Gasteiger partial charge in [-0.2, -0.15) is 0 Å². The summed E-state index contributed by atoms with van der Waals surface area (Å²) < 4.78 is 6.14. The number of ether oxygens (including phenoxy) is 1. The molecule has 6 nitrogen and oxygen atoms in total. The maximum Gasteiger partial charge on any atom is 0.260 e. The van der Waals surface area contributed by atoms with E-state index in [-0.39, 0.29) is 30.3 Å². The second-order valence-corrected chi connectivity index (χ2v) is 10.7. The minimum atomic E-state index is -0.341. The molecule has 1 unspecified atom stereocenters. The van der Waals surface area contributed by atoms with Crippen molar-refractivity contribution in [3.05, 3.63) is 93.5 Å². The number of hydrogen-bond donors (Lipinski definition) is 1. The summed E-state index contributed by atoms with van der Waals surface area (Å²) in [5.74, 6) is 0.00333. The predicted molar refractivity (Wildman–Crippen MR) is 151 cm³/mol. The molecule has 1 heterocycles. The second-order valence-electron chi connectivity index (χ2n) is 8.53. The highest BCUT2D eigenvalue weighted by molar-refractivity contribution is 8.00. The van der Waals surface area contributed by atoms with E-state index in [1.54, 1.807) is 43.1 Å². The van der Waals surface area contributed by atoms with Crippen LogP contribution in [0.15, 0.2) is 71.6 Å². The van der Waals surface area contributed by atoms with E-state index in [9.17, 15) is 9.59 Å². The number of likely N-dealkylation sites (N-methyl/N-ethyl adjacent to an activating group) is 1. The van der Waals surface area contributed by atoms with Crippen LogP contribution >= 0.6 is 35.0 Å². The van der Waals surface area contributed by atoms with Crippen molar-refractivity contribution >= 4 is 58.5 Å². The zero-order valence-corrected chi connectivity index (χ0v) is 23.0. The summed E-state index contributed by atoms with van der Waals surface area (Å²) in [5.41, 5.74) is 3.53. The Hall–Kier alpha value is -3.13. The molecule has 0 spiro atoms. The Labute approximate surface area is 231 Å². The van der Waals surface area contributed by atoms with Gasteiger partial charge in [-0.15, -0.1) is 0 Å². The molecular weight excluding hydrogens is 529 g/mol. The molecule has 3 aromatic rings. The normalized spacial score (nSPS) is 14.5. The lowest BCUT2D eigenvalue weighted by Gasteiger charge is -2.34. The van der Waals surface area contributed by atoms with Crippen LogP contribution in [0.3, 0.4) is 0 Å². The molecule has 192 valence electrons. The van der Waals surface area contributed by atoms with Gasteiger partial charge in [0.15, 0.2) is 0 Å². The van der Waals surface area contributed by atoms with Crippen LogP contribution in [0.25, 0.3) is 6.08 Å². The molecule has 0 saturated carbocycles. The molecule has 2 amide bonds. The summed E-state index contributed by atoms with van der Waals surface area (Å²) in [6.07, 6.45) is 3.14. The quantitative estimate of drug-likeness (QED) is 0.328. The third-order valence-electron chi connectivity index (χ3n) is 5.87. The van der Waals surface area contributed by atoms with E-state index in [0.717, 1.165) is 21.7 Å². The number of benzene rings is 3. The van der Waals surface area contributed by atoms with Gasteiger partial charge < -0.3 is 10.1 Å². The summed E-state index contributed by atoms with van der Waals surface area (Å²) in [6.45, 7) is 4.05. The highest BCUT2D eigenvalue weighted by atomic mass is 35.5. The SMILES string of the molecule is Cc1ccc(C=CC(=O)NCC(=O)N(C)N2c3c(OCc4c(Cl)cccc4Cl)cccc3SC2C)cc1. The van der Waals surface area contributed by atoms with Crippen LogP contribution < -0.4 is 15.1 Å². The van der Waals surface area contributed by atoms with Gasteiger partial charge in [0.2, 0.25) is 5.91 Å². The Kier molecular flexibility index (Phi) is 8.69. The van der Waals surface area contributed by atoms with Crippen LogP contribution in [-0.2, 0) is 16.2 Å². The number of hydrogen-bond acceptors (Lipinski definition) is 5. The van der Waals surface area contributed by atoms with Gasteiger partial charge in [0.1, 0.15) is 18.0 Å². The van der Waals surface area contributed by atoms with Crippen molar-refractivity contribution in [2.45, 2.75) is 30.7 Å². The van der Waals surface area contributed by atoms with Gasteiger partial charge in [0, 0.05) is 33.6 Å². The van der Waals surface area contributed by atoms with Gasteiger partial charge in [-0.05, 0) is 49.8 Å². The molecule has 0 radical (unpaired) electrons. The first kappa shape index (κ1) is 26.9. The smallest absolute Gasteiger partial charge is 0.260 e. The van der Waals surface area contributed by atoms with Crippen molar-refractivity contribution in [2.24, 2.45) is 0 Å². The summed E-state index contributed by atoms with van der Waals surface area (Å²) >= 11 is 14.2. The molecule has 37 heavy (non-hydrogen) atoms. The number of carbonyl (C=O) groups excluding carboxylic acids is 2. The minimum Gasteiger partial charge on any atom is -0.487 e. The van der Waals surface area contributed by atoms with Gasteiger partial charge in [-0.25, -0.2) is 0 Å². The number of amides is 2. The second kappa shape index (κ2) is 11.9. The molecule has 4 rings (SSSR count). The number of aryl methyl sites for hydroxylation is 1. The van der Waals surface area contributed by atoms with Crippen molar-refractivity contribution in [3.8, 4) is 5.75 Å². The molecule has 9 heteroatoms. The maximum absolute atomic E-state index is 13.0. The van der Waals surface area contributed by atoms with Crippen molar-refractivity contribution in [1.82, 2.24) is 10.3 Å². The highest BCUT2D eigenvalue weighted by Gasteiger charge is 2.35. The number of para-hydroxylation sites is 1. The van der Waals surface area contributed by atoms with E-state index >= 15 is 0 Å². The molecule has 1 atom stereocenters. The number of halogens is 2. The Morgan fingerprint density at radius 2 is 1.76 bits per heavy atom. The first-order valence-electron chi connectivity index (χ1n) is 11.7. The molecule has 1 N–H and O–H groups in total. The van der Waals surface area contributed by atoms with E-state index in [0.29, 0.717) is 21.4 Å². The van der Waals surface area contributed by atoms with Crippen LogP contribution in [0, 0.1) is 6.92 Å². The van der Waals surface area contributed by atoms with E-state index in [4.69, 9.17) is 27.9 Å². The van der Waals surface area contributed by atoms with Crippen LogP contribution in [0.2, 0.25) is 10.0 Å². The number of nitrogens with zero attached hydrogens (tertiary/aromatic N) is 2. The summed E-state index contributed by atoms with van der Waals surface area (Å²) in [5, 5.41) is 7.06. The average molecular weight is 557 g/mol. The number of thioether (sulfide) groups is 1. The largest absolute Gasteiger partial charge is 0.487 e. The fourth-order valence-corrected chi connectivity index (χ4v) is 5.56. The summed E-state index contributed by atoms with van der Waals surface area (Å²) in [7, 11) is 1.69. The Bertz CT molecular complexity index is 1310. The van der Waals surface area contributed by atoms with Gasteiger partial charge in [-0.1, -0.05) is 76.9 Å². The van der Waals surface area contributed by atoms with E-state index in [1.807, 2.05) is 61.3 Å².